The maximum absolute atomic E-state index is 4.43. The summed E-state index contributed by atoms with van der Waals surface area (Å²) < 4.78 is 1.80. The standard InChI is InChI=1S/C15H23N5/c1-3-13(11-7-5-4-6-8-11)19-14-12-9-18-20(2)15(12)17-10-16-14/h9-11,13H,3-8H2,1-2H3,(H,16,17,19). The van der Waals surface area contributed by atoms with Gasteiger partial charge in [0.15, 0.2) is 5.65 Å². The molecule has 1 aliphatic rings. The van der Waals surface area contributed by atoms with Crippen molar-refractivity contribution in [3.63, 3.8) is 0 Å². The largest absolute Gasteiger partial charge is 0.366 e. The van der Waals surface area contributed by atoms with Crippen LogP contribution in [0.1, 0.15) is 45.4 Å². The van der Waals surface area contributed by atoms with Crippen molar-refractivity contribution < 1.29 is 0 Å². The first-order valence-electron chi connectivity index (χ1n) is 7.69. The summed E-state index contributed by atoms with van der Waals surface area (Å²) in [4.78, 5) is 8.72. The number of anilines is 1. The molecule has 2 heterocycles. The summed E-state index contributed by atoms with van der Waals surface area (Å²) in [5.74, 6) is 1.70. The molecule has 0 saturated heterocycles. The molecule has 1 saturated carbocycles. The van der Waals surface area contributed by atoms with Crippen LogP contribution in [-0.2, 0) is 7.05 Å². The maximum Gasteiger partial charge on any atom is 0.163 e. The van der Waals surface area contributed by atoms with Crippen molar-refractivity contribution in [2.45, 2.75) is 51.5 Å². The lowest BCUT2D eigenvalue weighted by Gasteiger charge is -2.30. The summed E-state index contributed by atoms with van der Waals surface area (Å²) in [6.07, 6.45) is 11.4. The fraction of sp³-hybridized carbons (Fsp3) is 0.667. The molecule has 0 amide bonds. The first kappa shape index (κ1) is 13.3. The van der Waals surface area contributed by atoms with E-state index in [9.17, 15) is 0 Å². The van der Waals surface area contributed by atoms with Crippen molar-refractivity contribution >= 4 is 16.9 Å². The molecule has 2 aromatic heterocycles. The van der Waals surface area contributed by atoms with Crippen molar-refractivity contribution in [1.29, 1.82) is 0 Å². The molecule has 3 rings (SSSR count). The molecule has 2 aromatic rings. The third kappa shape index (κ3) is 2.49. The van der Waals surface area contributed by atoms with Crippen LogP contribution >= 0.6 is 0 Å². The van der Waals surface area contributed by atoms with E-state index in [1.165, 1.54) is 32.1 Å². The van der Waals surface area contributed by atoms with Crippen LogP contribution in [0.2, 0.25) is 0 Å². The Morgan fingerprint density at radius 3 is 2.85 bits per heavy atom. The van der Waals surface area contributed by atoms with Crippen molar-refractivity contribution in [1.82, 2.24) is 19.7 Å². The molecule has 0 aromatic carbocycles. The quantitative estimate of drug-likeness (QED) is 0.929. The highest BCUT2D eigenvalue weighted by molar-refractivity contribution is 5.86. The van der Waals surface area contributed by atoms with Gasteiger partial charge in [0, 0.05) is 13.1 Å². The average molecular weight is 273 g/mol. The minimum Gasteiger partial charge on any atom is -0.366 e. The lowest BCUT2D eigenvalue weighted by Crippen LogP contribution is -2.30. The van der Waals surface area contributed by atoms with Gasteiger partial charge in [-0.25, -0.2) is 9.97 Å². The SMILES string of the molecule is CCC(Nc1ncnc2c1cnn2C)C1CCCCC1. The van der Waals surface area contributed by atoms with Crippen LogP contribution in [-0.4, -0.2) is 25.8 Å². The van der Waals surface area contributed by atoms with Gasteiger partial charge in [-0.3, -0.25) is 4.68 Å². The van der Waals surface area contributed by atoms with E-state index < -0.39 is 0 Å². The van der Waals surface area contributed by atoms with Crippen LogP contribution in [0.4, 0.5) is 5.82 Å². The van der Waals surface area contributed by atoms with Crippen molar-refractivity contribution in [2.24, 2.45) is 13.0 Å². The zero-order valence-corrected chi connectivity index (χ0v) is 12.3. The summed E-state index contributed by atoms with van der Waals surface area (Å²) in [5.41, 5.74) is 0.890. The second-order valence-corrected chi connectivity index (χ2v) is 5.78. The Hall–Kier alpha value is -1.65. The third-order valence-corrected chi connectivity index (χ3v) is 4.51. The topological polar surface area (TPSA) is 55.6 Å². The van der Waals surface area contributed by atoms with Crippen LogP contribution in [0, 0.1) is 5.92 Å². The predicted octanol–water partition coefficient (Wildman–Crippen LogP) is 3.13. The highest BCUT2D eigenvalue weighted by atomic mass is 15.3. The van der Waals surface area contributed by atoms with Gasteiger partial charge in [-0.1, -0.05) is 26.2 Å². The number of fused-ring (bicyclic) bond motifs is 1. The van der Waals surface area contributed by atoms with Gasteiger partial charge in [0.05, 0.1) is 11.6 Å². The molecule has 108 valence electrons. The fourth-order valence-electron chi connectivity index (χ4n) is 3.34. The summed E-state index contributed by atoms with van der Waals surface area (Å²) in [6, 6.07) is 0.508. The molecule has 5 nitrogen and oxygen atoms in total. The van der Waals surface area contributed by atoms with Gasteiger partial charge in [-0.15, -0.1) is 0 Å². The molecule has 20 heavy (non-hydrogen) atoms. The van der Waals surface area contributed by atoms with Gasteiger partial charge in [0.25, 0.3) is 0 Å². The van der Waals surface area contributed by atoms with Crippen molar-refractivity contribution in [3.8, 4) is 0 Å². The monoisotopic (exact) mass is 273 g/mol. The molecule has 0 spiro atoms. The number of nitrogens with one attached hydrogen (secondary N) is 1. The summed E-state index contributed by atoms with van der Waals surface area (Å²) in [7, 11) is 1.91. The Balaban J connectivity index is 1.83. The van der Waals surface area contributed by atoms with E-state index in [-0.39, 0.29) is 0 Å². The first-order valence-corrected chi connectivity index (χ1v) is 7.69. The van der Waals surface area contributed by atoms with E-state index in [0.717, 1.165) is 29.2 Å². The highest BCUT2D eigenvalue weighted by Gasteiger charge is 2.23. The van der Waals surface area contributed by atoms with Gasteiger partial charge in [0.2, 0.25) is 0 Å². The molecule has 5 heteroatoms. The lowest BCUT2D eigenvalue weighted by atomic mass is 9.83. The first-order chi connectivity index (χ1) is 9.79. The van der Waals surface area contributed by atoms with Gasteiger partial charge in [-0.05, 0) is 25.2 Å². The zero-order valence-electron chi connectivity index (χ0n) is 12.3. The van der Waals surface area contributed by atoms with E-state index in [1.807, 2.05) is 13.2 Å². The Morgan fingerprint density at radius 1 is 1.30 bits per heavy atom. The molecule has 1 fully saturated rings. The molecular weight excluding hydrogens is 250 g/mol. The number of hydrogen-bond donors (Lipinski definition) is 1. The third-order valence-electron chi connectivity index (χ3n) is 4.51. The molecule has 0 aliphatic heterocycles. The minimum atomic E-state index is 0.508. The highest BCUT2D eigenvalue weighted by Crippen LogP contribution is 2.30. The van der Waals surface area contributed by atoms with Crippen molar-refractivity contribution in [3.05, 3.63) is 12.5 Å². The average Bonchev–Trinajstić information content (AvgIpc) is 2.88. The van der Waals surface area contributed by atoms with Gasteiger partial charge in [-0.2, -0.15) is 5.10 Å². The molecule has 1 aliphatic carbocycles. The van der Waals surface area contributed by atoms with Gasteiger partial charge >= 0.3 is 0 Å². The van der Waals surface area contributed by atoms with E-state index in [4.69, 9.17) is 0 Å². The zero-order chi connectivity index (χ0) is 13.9. The van der Waals surface area contributed by atoms with Crippen LogP contribution in [0.25, 0.3) is 11.0 Å². The number of rotatable bonds is 4. The number of hydrogen-bond acceptors (Lipinski definition) is 4. The smallest absolute Gasteiger partial charge is 0.163 e. The molecular formula is C15H23N5. The minimum absolute atomic E-state index is 0.508. The summed E-state index contributed by atoms with van der Waals surface area (Å²) in [6.45, 7) is 2.26. The molecule has 1 atom stereocenters. The van der Waals surface area contributed by atoms with Crippen LogP contribution < -0.4 is 5.32 Å². The maximum atomic E-state index is 4.43. The normalized spacial score (nSPS) is 18.3. The van der Waals surface area contributed by atoms with Crippen molar-refractivity contribution in [2.75, 3.05) is 5.32 Å². The Labute approximate surface area is 119 Å². The van der Waals surface area contributed by atoms with E-state index >= 15 is 0 Å². The molecule has 0 bridgehead atoms. The van der Waals surface area contributed by atoms with Gasteiger partial charge in [0.1, 0.15) is 12.1 Å². The molecule has 0 radical (unpaired) electrons. The number of nitrogens with zero attached hydrogens (tertiary/aromatic N) is 4. The Bertz CT molecular complexity index is 571. The Morgan fingerprint density at radius 2 is 2.10 bits per heavy atom. The van der Waals surface area contributed by atoms with Gasteiger partial charge < -0.3 is 5.32 Å². The summed E-state index contributed by atoms with van der Waals surface area (Å²) >= 11 is 0. The molecule has 1 N–H and O–H groups in total. The lowest BCUT2D eigenvalue weighted by molar-refractivity contribution is 0.312. The van der Waals surface area contributed by atoms with E-state index in [2.05, 4.69) is 27.3 Å². The van der Waals surface area contributed by atoms with E-state index in [0.29, 0.717) is 6.04 Å². The van der Waals surface area contributed by atoms with E-state index in [1.54, 1.807) is 11.0 Å². The second kappa shape index (κ2) is 5.77. The number of aryl methyl sites for hydroxylation is 1. The fourth-order valence-corrected chi connectivity index (χ4v) is 3.34. The molecule has 1 unspecified atom stereocenters. The predicted molar refractivity (Wildman–Crippen MR) is 80.6 cm³/mol. The second-order valence-electron chi connectivity index (χ2n) is 5.78. The van der Waals surface area contributed by atoms with Crippen LogP contribution in [0.5, 0.6) is 0 Å². The summed E-state index contributed by atoms with van der Waals surface area (Å²) in [5, 5.41) is 8.94. The number of aromatic nitrogens is 4. The Kier molecular flexibility index (Phi) is 3.85. The van der Waals surface area contributed by atoms with Crippen LogP contribution in [0.15, 0.2) is 12.5 Å². The van der Waals surface area contributed by atoms with Crippen LogP contribution in [0.3, 0.4) is 0 Å².